The number of hydrogen-bond donors (Lipinski definition) is 1. The number of carbonyl (C=O) groups is 2. The molecule has 1 aromatic heterocycles. The van der Waals surface area contributed by atoms with Gasteiger partial charge in [-0.15, -0.1) is 11.3 Å². The first-order valence-corrected chi connectivity index (χ1v) is 7.69. The first-order valence-electron chi connectivity index (χ1n) is 6.82. The minimum atomic E-state index is -0.0100. The number of amides is 2. The molecule has 6 heteroatoms. The lowest BCUT2D eigenvalue weighted by Crippen LogP contribution is -2.46. The second-order valence-corrected chi connectivity index (χ2v) is 5.80. The maximum atomic E-state index is 11.9. The van der Waals surface area contributed by atoms with Gasteiger partial charge in [0.05, 0.1) is 17.9 Å². The molecule has 1 N–H and O–H groups in total. The fourth-order valence-corrected chi connectivity index (χ4v) is 2.91. The van der Waals surface area contributed by atoms with Gasteiger partial charge in [-0.2, -0.15) is 0 Å². The van der Waals surface area contributed by atoms with Crippen LogP contribution in [0.25, 0.3) is 0 Å². The zero-order valence-electron chi connectivity index (χ0n) is 11.6. The van der Waals surface area contributed by atoms with E-state index in [4.69, 9.17) is 4.74 Å². The van der Waals surface area contributed by atoms with Gasteiger partial charge < -0.3 is 15.0 Å². The van der Waals surface area contributed by atoms with E-state index in [0.29, 0.717) is 26.1 Å². The quantitative estimate of drug-likeness (QED) is 0.896. The number of ether oxygens (including phenoxy) is 1. The number of thiophene rings is 1. The third-order valence-corrected chi connectivity index (χ3v) is 4.32. The molecule has 1 aliphatic rings. The molecule has 0 atom stereocenters. The Bertz CT molecular complexity index is 439. The van der Waals surface area contributed by atoms with Gasteiger partial charge in [-0.3, -0.25) is 9.59 Å². The number of carbonyl (C=O) groups excluding carboxylic acids is 2. The summed E-state index contributed by atoms with van der Waals surface area (Å²) in [6.45, 7) is 1.88. The molecule has 20 heavy (non-hydrogen) atoms. The van der Waals surface area contributed by atoms with E-state index in [9.17, 15) is 9.59 Å². The molecule has 0 spiro atoms. The summed E-state index contributed by atoms with van der Waals surface area (Å²) in [5.74, 6) is 0.124. The maximum absolute atomic E-state index is 11.9. The SMILES string of the molecule is COCCC(=O)N1CCC(NC(=O)c2cccs2)CC1. The van der Waals surface area contributed by atoms with E-state index in [0.717, 1.165) is 17.7 Å². The van der Waals surface area contributed by atoms with Crippen molar-refractivity contribution in [2.45, 2.75) is 25.3 Å². The van der Waals surface area contributed by atoms with Crippen LogP contribution in [0.2, 0.25) is 0 Å². The van der Waals surface area contributed by atoms with Crippen molar-refractivity contribution in [1.29, 1.82) is 0 Å². The van der Waals surface area contributed by atoms with E-state index in [1.165, 1.54) is 11.3 Å². The monoisotopic (exact) mass is 296 g/mol. The Balaban J connectivity index is 1.74. The number of hydrogen-bond acceptors (Lipinski definition) is 4. The Kier molecular flexibility index (Phi) is 5.55. The van der Waals surface area contributed by atoms with Gasteiger partial charge in [0.1, 0.15) is 0 Å². The molecule has 1 fully saturated rings. The molecule has 0 aromatic carbocycles. The standard InChI is InChI=1S/C14H20N2O3S/c1-19-9-6-13(17)16-7-4-11(5-8-16)15-14(18)12-3-2-10-20-12/h2-3,10-11H,4-9H2,1H3,(H,15,18). The smallest absolute Gasteiger partial charge is 0.261 e. The van der Waals surface area contributed by atoms with Gasteiger partial charge in [0, 0.05) is 26.2 Å². The fraction of sp³-hybridized carbons (Fsp3) is 0.571. The van der Waals surface area contributed by atoms with Crippen LogP contribution in [0.4, 0.5) is 0 Å². The van der Waals surface area contributed by atoms with Crippen molar-refractivity contribution in [3.8, 4) is 0 Å². The maximum Gasteiger partial charge on any atom is 0.261 e. The number of rotatable bonds is 5. The summed E-state index contributed by atoms with van der Waals surface area (Å²) >= 11 is 1.44. The average Bonchev–Trinajstić information content (AvgIpc) is 3.00. The molecule has 1 aromatic rings. The number of nitrogens with one attached hydrogen (secondary N) is 1. The second kappa shape index (κ2) is 7.40. The van der Waals surface area contributed by atoms with Gasteiger partial charge in [0.15, 0.2) is 0 Å². The largest absolute Gasteiger partial charge is 0.384 e. The Morgan fingerprint density at radius 1 is 1.45 bits per heavy atom. The van der Waals surface area contributed by atoms with Crippen molar-refractivity contribution < 1.29 is 14.3 Å². The van der Waals surface area contributed by atoms with Crippen LogP contribution >= 0.6 is 11.3 Å². The molecule has 1 saturated heterocycles. The summed E-state index contributed by atoms with van der Waals surface area (Å²) in [4.78, 5) is 26.4. The topological polar surface area (TPSA) is 58.6 Å². The van der Waals surface area contributed by atoms with Gasteiger partial charge in [0.2, 0.25) is 5.91 Å². The molecule has 0 bridgehead atoms. The lowest BCUT2D eigenvalue weighted by atomic mass is 10.0. The summed E-state index contributed by atoms with van der Waals surface area (Å²) in [6, 6.07) is 3.86. The summed E-state index contributed by atoms with van der Waals surface area (Å²) in [6.07, 6.45) is 2.06. The van der Waals surface area contributed by atoms with Crippen molar-refractivity contribution in [3.05, 3.63) is 22.4 Å². The molecule has 0 unspecified atom stereocenters. The van der Waals surface area contributed by atoms with Crippen molar-refractivity contribution >= 4 is 23.2 Å². The highest BCUT2D eigenvalue weighted by molar-refractivity contribution is 7.12. The van der Waals surface area contributed by atoms with Crippen LogP contribution in [-0.4, -0.2) is 49.6 Å². The van der Waals surface area contributed by atoms with E-state index < -0.39 is 0 Å². The van der Waals surface area contributed by atoms with E-state index >= 15 is 0 Å². The highest BCUT2D eigenvalue weighted by Gasteiger charge is 2.23. The van der Waals surface area contributed by atoms with Gasteiger partial charge in [0.25, 0.3) is 5.91 Å². The number of likely N-dealkylation sites (tertiary alicyclic amines) is 1. The molecule has 1 aliphatic heterocycles. The number of methoxy groups -OCH3 is 1. The van der Waals surface area contributed by atoms with Crippen LogP contribution in [-0.2, 0) is 9.53 Å². The zero-order valence-corrected chi connectivity index (χ0v) is 12.4. The van der Waals surface area contributed by atoms with Gasteiger partial charge in [-0.1, -0.05) is 6.07 Å². The molecule has 2 amide bonds. The van der Waals surface area contributed by atoms with Crippen LogP contribution in [0.5, 0.6) is 0 Å². The zero-order chi connectivity index (χ0) is 14.4. The van der Waals surface area contributed by atoms with Crippen molar-refractivity contribution in [1.82, 2.24) is 10.2 Å². The minimum absolute atomic E-state index is 0.0100. The van der Waals surface area contributed by atoms with Crippen molar-refractivity contribution in [3.63, 3.8) is 0 Å². The first-order chi connectivity index (χ1) is 9.70. The molecule has 2 heterocycles. The third-order valence-electron chi connectivity index (χ3n) is 3.45. The molecule has 5 nitrogen and oxygen atoms in total. The highest BCUT2D eigenvalue weighted by Crippen LogP contribution is 2.14. The van der Waals surface area contributed by atoms with Crippen LogP contribution in [0.15, 0.2) is 17.5 Å². The summed E-state index contributed by atoms with van der Waals surface area (Å²) in [5, 5.41) is 4.93. The van der Waals surface area contributed by atoms with E-state index in [1.807, 2.05) is 22.4 Å². The Labute approximate surface area is 122 Å². The van der Waals surface area contributed by atoms with Gasteiger partial charge in [-0.05, 0) is 24.3 Å². The minimum Gasteiger partial charge on any atom is -0.384 e. The Hall–Kier alpha value is -1.40. The highest BCUT2D eigenvalue weighted by atomic mass is 32.1. The first kappa shape index (κ1) is 15.0. The number of piperidine rings is 1. The third kappa shape index (κ3) is 4.05. The summed E-state index contributed by atoms with van der Waals surface area (Å²) in [7, 11) is 1.60. The lowest BCUT2D eigenvalue weighted by Gasteiger charge is -2.32. The van der Waals surface area contributed by atoms with Crippen LogP contribution in [0.3, 0.4) is 0 Å². The van der Waals surface area contributed by atoms with Gasteiger partial charge >= 0.3 is 0 Å². The summed E-state index contributed by atoms with van der Waals surface area (Å²) in [5.41, 5.74) is 0. The average molecular weight is 296 g/mol. The van der Waals surface area contributed by atoms with E-state index in [2.05, 4.69) is 5.32 Å². The van der Waals surface area contributed by atoms with E-state index in [-0.39, 0.29) is 17.9 Å². The lowest BCUT2D eigenvalue weighted by molar-refractivity contribution is -0.133. The molecule has 0 aliphatic carbocycles. The normalized spacial score (nSPS) is 16.1. The molecule has 2 rings (SSSR count). The molecule has 110 valence electrons. The molecular formula is C14H20N2O3S. The fourth-order valence-electron chi connectivity index (χ4n) is 2.28. The van der Waals surface area contributed by atoms with E-state index in [1.54, 1.807) is 7.11 Å². The predicted octanol–water partition coefficient (Wildman–Crippen LogP) is 1.51. The molecule has 0 saturated carbocycles. The second-order valence-electron chi connectivity index (χ2n) is 4.85. The Morgan fingerprint density at radius 3 is 2.80 bits per heavy atom. The van der Waals surface area contributed by atoms with Crippen molar-refractivity contribution in [2.75, 3.05) is 26.8 Å². The summed E-state index contributed by atoms with van der Waals surface area (Å²) < 4.78 is 4.92. The number of nitrogens with zero attached hydrogens (tertiary/aromatic N) is 1. The Morgan fingerprint density at radius 2 is 2.20 bits per heavy atom. The van der Waals surface area contributed by atoms with Crippen LogP contribution in [0, 0.1) is 0 Å². The molecule has 0 radical (unpaired) electrons. The van der Waals surface area contributed by atoms with Gasteiger partial charge in [-0.25, -0.2) is 0 Å². The van der Waals surface area contributed by atoms with Crippen molar-refractivity contribution in [2.24, 2.45) is 0 Å². The predicted molar refractivity (Wildman–Crippen MR) is 77.9 cm³/mol. The molecular weight excluding hydrogens is 276 g/mol. The van der Waals surface area contributed by atoms with Crippen LogP contribution in [0.1, 0.15) is 28.9 Å². The van der Waals surface area contributed by atoms with Crippen LogP contribution < -0.4 is 5.32 Å².